The van der Waals surface area contributed by atoms with Gasteiger partial charge in [-0.15, -0.1) is 17.8 Å². The molecular formula is C14H17NOS. The van der Waals surface area contributed by atoms with E-state index in [0.29, 0.717) is 6.54 Å². The molecule has 0 fully saturated rings. The summed E-state index contributed by atoms with van der Waals surface area (Å²) >= 11 is 1.63. The van der Waals surface area contributed by atoms with Crippen LogP contribution in [0.15, 0.2) is 6.07 Å². The van der Waals surface area contributed by atoms with Crippen molar-refractivity contribution >= 4 is 17.2 Å². The Kier molecular flexibility index (Phi) is 3.86. The van der Waals surface area contributed by atoms with E-state index in [-0.39, 0.29) is 5.91 Å². The van der Waals surface area contributed by atoms with Gasteiger partial charge in [0.25, 0.3) is 5.91 Å². The Balaban J connectivity index is 2.10. The third-order valence-electron chi connectivity index (χ3n) is 3.34. The number of hydrogen-bond acceptors (Lipinski definition) is 2. The molecule has 1 atom stereocenters. The summed E-state index contributed by atoms with van der Waals surface area (Å²) in [6.07, 6.45) is 9.87. The van der Waals surface area contributed by atoms with E-state index in [1.165, 1.54) is 23.3 Å². The number of nitrogens with one attached hydrogen (secondary N) is 1. The van der Waals surface area contributed by atoms with Gasteiger partial charge in [0.2, 0.25) is 0 Å². The molecule has 3 heteroatoms. The van der Waals surface area contributed by atoms with E-state index in [2.05, 4.69) is 18.2 Å². The van der Waals surface area contributed by atoms with Gasteiger partial charge in [-0.2, -0.15) is 0 Å². The first-order chi connectivity index (χ1) is 8.24. The molecule has 0 saturated carbocycles. The van der Waals surface area contributed by atoms with Crippen molar-refractivity contribution in [3.63, 3.8) is 0 Å². The minimum Gasteiger partial charge on any atom is -0.340 e. The lowest BCUT2D eigenvalue weighted by Gasteiger charge is -2.19. The van der Waals surface area contributed by atoms with Gasteiger partial charge in [0.05, 0.1) is 11.4 Å². The predicted octanol–water partition coefficient (Wildman–Crippen LogP) is 2.63. The summed E-state index contributed by atoms with van der Waals surface area (Å²) in [4.78, 5) is 14.0. The molecule has 0 spiro atoms. The van der Waals surface area contributed by atoms with Crippen LogP contribution < -0.4 is 5.32 Å². The van der Waals surface area contributed by atoms with E-state index >= 15 is 0 Å². The van der Waals surface area contributed by atoms with Gasteiger partial charge >= 0.3 is 0 Å². The molecule has 1 aliphatic rings. The summed E-state index contributed by atoms with van der Waals surface area (Å²) in [5.41, 5.74) is 1.37. The van der Waals surface area contributed by atoms with Gasteiger partial charge in [-0.05, 0) is 36.8 Å². The number of rotatable bonds is 3. The maximum atomic E-state index is 11.8. The van der Waals surface area contributed by atoms with Gasteiger partial charge < -0.3 is 5.32 Å². The average Bonchev–Trinajstić information content (AvgIpc) is 2.78. The van der Waals surface area contributed by atoms with E-state index < -0.39 is 0 Å². The minimum absolute atomic E-state index is 0.0320. The topological polar surface area (TPSA) is 29.1 Å². The Bertz CT molecular complexity index is 455. The SMILES string of the molecule is C#CCNC(=O)c1cc2c(s1)CC[C@@H](CC)C2. The molecule has 1 heterocycles. The van der Waals surface area contributed by atoms with Gasteiger partial charge in [0.15, 0.2) is 0 Å². The second-order valence-electron chi connectivity index (χ2n) is 4.46. The molecule has 1 amide bonds. The van der Waals surface area contributed by atoms with Gasteiger partial charge in [-0.3, -0.25) is 4.79 Å². The molecule has 0 aliphatic heterocycles. The summed E-state index contributed by atoms with van der Waals surface area (Å²) in [6.45, 7) is 2.54. The normalized spacial score (nSPS) is 18.2. The van der Waals surface area contributed by atoms with Gasteiger partial charge in [0.1, 0.15) is 0 Å². The van der Waals surface area contributed by atoms with Crippen LogP contribution >= 0.6 is 11.3 Å². The van der Waals surface area contributed by atoms with E-state index in [9.17, 15) is 4.79 Å². The highest BCUT2D eigenvalue weighted by molar-refractivity contribution is 7.14. The molecule has 0 aromatic carbocycles. The van der Waals surface area contributed by atoms with E-state index in [0.717, 1.165) is 23.6 Å². The zero-order chi connectivity index (χ0) is 12.3. The van der Waals surface area contributed by atoms with E-state index in [4.69, 9.17) is 6.42 Å². The number of amides is 1. The first kappa shape index (κ1) is 12.2. The molecule has 1 aromatic rings. The van der Waals surface area contributed by atoms with Crippen LogP contribution in [0.4, 0.5) is 0 Å². The highest BCUT2D eigenvalue weighted by atomic mass is 32.1. The van der Waals surface area contributed by atoms with Gasteiger partial charge in [-0.25, -0.2) is 0 Å². The fourth-order valence-corrected chi connectivity index (χ4v) is 3.40. The van der Waals surface area contributed by atoms with E-state index in [1.807, 2.05) is 6.07 Å². The Morgan fingerprint density at radius 1 is 1.71 bits per heavy atom. The zero-order valence-electron chi connectivity index (χ0n) is 10.1. The summed E-state index contributed by atoms with van der Waals surface area (Å²) < 4.78 is 0. The lowest BCUT2D eigenvalue weighted by molar-refractivity contribution is 0.0962. The Labute approximate surface area is 106 Å². The van der Waals surface area contributed by atoms with Crippen LogP contribution in [-0.2, 0) is 12.8 Å². The highest BCUT2D eigenvalue weighted by Crippen LogP contribution is 2.33. The largest absolute Gasteiger partial charge is 0.340 e. The maximum absolute atomic E-state index is 11.8. The van der Waals surface area contributed by atoms with Crippen LogP contribution in [0.25, 0.3) is 0 Å². The second kappa shape index (κ2) is 5.37. The molecular weight excluding hydrogens is 230 g/mol. The number of thiophene rings is 1. The van der Waals surface area contributed by atoms with E-state index in [1.54, 1.807) is 11.3 Å². The summed E-state index contributed by atoms with van der Waals surface area (Å²) in [5, 5.41) is 2.72. The smallest absolute Gasteiger partial charge is 0.262 e. The highest BCUT2D eigenvalue weighted by Gasteiger charge is 2.21. The molecule has 0 saturated heterocycles. The number of carbonyl (C=O) groups is 1. The third kappa shape index (κ3) is 2.70. The number of carbonyl (C=O) groups excluding carboxylic acids is 1. The Hall–Kier alpha value is -1.27. The van der Waals surface area contributed by atoms with Crippen LogP contribution in [0.5, 0.6) is 0 Å². The van der Waals surface area contributed by atoms with Crippen LogP contribution in [0.1, 0.15) is 39.9 Å². The molecule has 2 rings (SSSR count). The quantitative estimate of drug-likeness (QED) is 0.817. The molecule has 1 aromatic heterocycles. The van der Waals surface area contributed by atoms with Crippen molar-refractivity contribution in [2.45, 2.75) is 32.6 Å². The second-order valence-corrected chi connectivity index (χ2v) is 5.60. The number of aryl methyl sites for hydroxylation is 1. The standard InChI is InChI=1S/C14H17NOS/c1-3-7-15-14(16)13-9-11-8-10(4-2)5-6-12(11)17-13/h1,9-10H,4-8H2,2H3,(H,15,16)/t10-/m1/s1. The molecule has 0 bridgehead atoms. The molecule has 90 valence electrons. The first-order valence-corrected chi connectivity index (χ1v) is 6.89. The lowest BCUT2D eigenvalue weighted by atomic mass is 9.87. The van der Waals surface area contributed by atoms with Crippen molar-refractivity contribution in [1.29, 1.82) is 0 Å². The first-order valence-electron chi connectivity index (χ1n) is 6.07. The molecule has 1 N–H and O–H groups in total. The Morgan fingerprint density at radius 2 is 2.53 bits per heavy atom. The fraction of sp³-hybridized carbons (Fsp3) is 0.500. The van der Waals surface area contributed by atoms with Gasteiger partial charge in [-0.1, -0.05) is 19.3 Å². The third-order valence-corrected chi connectivity index (χ3v) is 4.57. The summed E-state index contributed by atoms with van der Waals surface area (Å²) in [6, 6.07) is 2.05. The van der Waals surface area contributed by atoms with Crippen LogP contribution in [0.3, 0.4) is 0 Å². The average molecular weight is 247 g/mol. The number of fused-ring (bicyclic) bond motifs is 1. The summed E-state index contributed by atoms with van der Waals surface area (Å²) in [7, 11) is 0. The van der Waals surface area contributed by atoms with Crippen molar-refractivity contribution < 1.29 is 4.79 Å². The minimum atomic E-state index is -0.0320. The number of terminal acetylenes is 1. The Morgan fingerprint density at radius 3 is 3.24 bits per heavy atom. The van der Waals surface area contributed by atoms with Crippen LogP contribution in [0.2, 0.25) is 0 Å². The van der Waals surface area contributed by atoms with Crippen molar-refractivity contribution in [2.24, 2.45) is 5.92 Å². The monoisotopic (exact) mass is 247 g/mol. The van der Waals surface area contributed by atoms with Crippen LogP contribution in [0, 0.1) is 18.3 Å². The summed E-state index contributed by atoms with van der Waals surface area (Å²) in [5.74, 6) is 3.18. The van der Waals surface area contributed by atoms with Gasteiger partial charge in [0, 0.05) is 4.88 Å². The zero-order valence-corrected chi connectivity index (χ0v) is 10.9. The van der Waals surface area contributed by atoms with Crippen molar-refractivity contribution in [3.8, 4) is 12.3 Å². The molecule has 1 aliphatic carbocycles. The molecule has 0 unspecified atom stereocenters. The number of hydrogen-bond donors (Lipinski definition) is 1. The molecule has 17 heavy (non-hydrogen) atoms. The molecule has 2 nitrogen and oxygen atoms in total. The molecule has 0 radical (unpaired) electrons. The fourth-order valence-electron chi connectivity index (χ4n) is 2.28. The predicted molar refractivity (Wildman–Crippen MR) is 71.3 cm³/mol. The van der Waals surface area contributed by atoms with Crippen molar-refractivity contribution in [1.82, 2.24) is 5.32 Å². The maximum Gasteiger partial charge on any atom is 0.262 e. The van der Waals surface area contributed by atoms with Crippen LogP contribution in [-0.4, -0.2) is 12.5 Å². The van der Waals surface area contributed by atoms with Crippen molar-refractivity contribution in [2.75, 3.05) is 6.54 Å². The van der Waals surface area contributed by atoms with Crippen molar-refractivity contribution in [3.05, 3.63) is 21.4 Å². The lowest BCUT2D eigenvalue weighted by Crippen LogP contribution is -2.22.